The fourth-order valence-corrected chi connectivity index (χ4v) is 0.851. The first kappa shape index (κ1) is 8.93. The van der Waals surface area contributed by atoms with Crippen LogP contribution in [0, 0.1) is 11.6 Å². The standard InChI is InChI=1S/C8H8F2O2/c1-12-6-3-2-5(4-11)7(9)8(6)10/h2-3,11H,4H2,1H3. The van der Waals surface area contributed by atoms with Crippen LogP contribution in [0.4, 0.5) is 8.78 Å². The average Bonchev–Trinajstić information content (AvgIpc) is 2.10. The van der Waals surface area contributed by atoms with Crippen LogP contribution in [-0.2, 0) is 6.61 Å². The van der Waals surface area contributed by atoms with Gasteiger partial charge in [-0.15, -0.1) is 0 Å². The zero-order valence-corrected chi connectivity index (χ0v) is 6.47. The van der Waals surface area contributed by atoms with E-state index < -0.39 is 18.2 Å². The molecule has 0 aliphatic heterocycles. The first-order valence-electron chi connectivity index (χ1n) is 3.32. The van der Waals surface area contributed by atoms with Crippen molar-refractivity contribution >= 4 is 0 Å². The average molecular weight is 174 g/mol. The summed E-state index contributed by atoms with van der Waals surface area (Å²) in [5.41, 5.74) is -0.0756. The van der Waals surface area contributed by atoms with Crippen LogP contribution in [0.5, 0.6) is 5.75 Å². The lowest BCUT2D eigenvalue weighted by Gasteiger charge is -2.04. The SMILES string of the molecule is COc1ccc(CO)c(F)c1F. The third kappa shape index (κ3) is 1.38. The van der Waals surface area contributed by atoms with Crippen LogP contribution >= 0.6 is 0 Å². The zero-order chi connectivity index (χ0) is 9.14. The number of aliphatic hydroxyl groups excluding tert-OH is 1. The van der Waals surface area contributed by atoms with Crippen LogP contribution in [0.15, 0.2) is 12.1 Å². The van der Waals surface area contributed by atoms with Crippen molar-refractivity contribution in [3.8, 4) is 5.75 Å². The molecule has 1 rings (SSSR count). The summed E-state index contributed by atoms with van der Waals surface area (Å²) < 4.78 is 30.2. The highest BCUT2D eigenvalue weighted by molar-refractivity contribution is 5.30. The van der Waals surface area contributed by atoms with Crippen molar-refractivity contribution in [3.63, 3.8) is 0 Å². The predicted octanol–water partition coefficient (Wildman–Crippen LogP) is 1.47. The van der Waals surface area contributed by atoms with E-state index >= 15 is 0 Å². The number of aliphatic hydroxyl groups is 1. The summed E-state index contributed by atoms with van der Waals surface area (Å²) in [7, 11) is 1.25. The lowest BCUT2D eigenvalue weighted by molar-refractivity contribution is 0.271. The smallest absolute Gasteiger partial charge is 0.200 e. The Bertz CT molecular complexity index is 258. The van der Waals surface area contributed by atoms with Crippen LogP contribution in [0.1, 0.15) is 5.56 Å². The van der Waals surface area contributed by atoms with Crippen molar-refractivity contribution < 1.29 is 18.6 Å². The number of hydrogen-bond acceptors (Lipinski definition) is 2. The molecule has 0 amide bonds. The van der Waals surface area contributed by atoms with Gasteiger partial charge in [0.15, 0.2) is 11.6 Å². The number of rotatable bonds is 2. The zero-order valence-electron chi connectivity index (χ0n) is 6.47. The van der Waals surface area contributed by atoms with Crippen molar-refractivity contribution in [1.82, 2.24) is 0 Å². The van der Waals surface area contributed by atoms with Crippen LogP contribution in [-0.4, -0.2) is 12.2 Å². The van der Waals surface area contributed by atoms with Crippen molar-refractivity contribution in [2.75, 3.05) is 7.11 Å². The van der Waals surface area contributed by atoms with Crippen LogP contribution in [0.3, 0.4) is 0 Å². The highest BCUT2D eigenvalue weighted by Gasteiger charge is 2.12. The molecule has 1 N–H and O–H groups in total. The van der Waals surface area contributed by atoms with E-state index in [1.54, 1.807) is 0 Å². The Kier molecular flexibility index (Phi) is 2.60. The topological polar surface area (TPSA) is 29.5 Å². The molecular weight excluding hydrogens is 166 g/mol. The Labute approximate surface area is 68.4 Å². The molecule has 2 nitrogen and oxygen atoms in total. The molecule has 0 radical (unpaired) electrons. The minimum atomic E-state index is -1.07. The monoisotopic (exact) mass is 174 g/mol. The fraction of sp³-hybridized carbons (Fsp3) is 0.250. The first-order valence-corrected chi connectivity index (χ1v) is 3.32. The van der Waals surface area contributed by atoms with Gasteiger partial charge in [0.2, 0.25) is 5.82 Å². The van der Waals surface area contributed by atoms with Gasteiger partial charge in [0.25, 0.3) is 0 Å². The third-order valence-electron chi connectivity index (χ3n) is 1.52. The van der Waals surface area contributed by atoms with Gasteiger partial charge in [0.1, 0.15) is 0 Å². The van der Waals surface area contributed by atoms with E-state index in [-0.39, 0.29) is 11.3 Å². The Morgan fingerprint density at radius 1 is 1.33 bits per heavy atom. The molecule has 0 saturated heterocycles. The second kappa shape index (κ2) is 3.49. The summed E-state index contributed by atoms with van der Waals surface area (Å²) in [5.74, 6) is -2.29. The van der Waals surface area contributed by atoms with Crippen LogP contribution in [0.25, 0.3) is 0 Å². The molecule has 12 heavy (non-hydrogen) atoms. The molecule has 4 heteroatoms. The summed E-state index contributed by atoms with van der Waals surface area (Å²) in [4.78, 5) is 0. The Hall–Kier alpha value is -1.16. The van der Waals surface area contributed by atoms with E-state index in [2.05, 4.69) is 4.74 Å². The Morgan fingerprint density at radius 2 is 2.00 bits per heavy atom. The van der Waals surface area contributed by atoms with E-state index in [1.807, 2.05) is 0 Å². The van der Waals surface area contributed by atoms with Crippen molar-refractivity contribution in [1.29, 1.82) is 0 Å². The second-order valence-corrected chi connectivity index (χ2v) is 2.21. The maximum atomic E-state index is 12.8. The van der Waals surface area contributed by atoms with E-state index in [0.29, 0.717) is 0 Å². The molecule has 1 aromatic rings. The first-order chi connectivity index (χ1) is 5.70. The number of benzene rings is 1. The predicted molar refractivity (Wildman–Crippen MR) is 38.8 cm³/mol. The molecule has 1 aromatic carbocycles. The molecular formula is C8H8F2O2. The number of halogens is 2. The van der Waals surface area contributed by atoms with E-state index in [0.717, 1.165) is 0 Å². The van der Waals surface area contributed by atoms with Gasteiger partial charge in [-0.2, -0.15) is 4.39 Å². The molecule has 0 fully saturated rings. The minimum Gasteiger partial charge on any atom is -0.494 e. The fourth-order valence-electron chi connectivity index (χ4n) is 0.851. The maximum absolute atomic E-state index is 12.8. The summed E-state index contributed by atoms with van der Waals surface area (Å²) >= 11 is 0. The van der Waals surface area contributed by atoms with Crippen LogP contribution < -0.4 is 4.74 Å². The molecule has 0 unspecified atom stereocenters. The van der Waals surface area contributed by atoms with Crippen LogP contribution in [0.2, 0.25) is 0 Å². The molecule has 0 atom stereocenters. The van der Waals surface area contributed by atoms with Gasteiger partial charge in [0.05, 0.1) is 13.7 Å². The van der Waals surface area contributed by atoms with Crippen molar-refractivity contribution in [3.05, 3.63) is 29.3 Å². The lowest BCUT2D eigenvalue weighted by Crippen LogP contribution is -1.97. The molecule has 0 aliphatic carbocycles. The molecule has 0 aliphatic rings. The van der Waals surface area contributed by atoms with Gasteiger partial charge in [0, 0.05) is 5.56 Å². The molecule has 0 bridgehead atoms. The van der Waals surface area contributed by atoms with Crippen molar-refractivity contribution in [2.24, 2.45) is 0 Å². The largest absolute Gasteiger partial charge is 0.494 e. The van der Waals surface area contributed by atoms with Gasteiger partial charge < -0.3 is 9.84 Å². The number of ether oxygens (including phenoxy) is 1. The molecule has 66 valence electrons. The van der Waals surface area contributed by atoms with E-state index in [4.69, 9.17) is 5.11 Å². The van der Waals surface area contributed by atoms with Gasteiger partial charge in [-0.05, 0) is 12.1 Å². The second-order valence-electron chi connectivity index (χ2n) is 2.21. The van der Waals surface area contributed by atoms with Gasteiger partial charge in [-0.1, -0.05) is 0 Å². The molecule has 0 saturated carbocycles. The van der Waals surface area contributed by atoms with E-state index in [9.17, 15) is 8.78 Å². The van der Waals surface area contributed by atoms with Gasteiger partial charge in [-0.25, -0.2) is 4.39 Å². The summed E-state index contributed by atoms with van der Waals surface area (Å²) in [6.07, 6.45) is 0. The van der Waals surface area contributed by atoms with Gasteiger partial charge >= 0.3 is 0 Å². The summed E-state index contributed by atoms with van der Waals surface area (Å²) in [6.45, 7) is -0.521. The Balaban J connectivity index is 3.20. The summed E-state index contributed by atoms with van der Waals surface area (Å²) in [6, 6.07) is 2.54. The highest BCUT2D eigenvalue weighted by Crippen LogP contribution is 2.21. The molecule has 0 aromatic heterocycles. The molecule has 0 heterocycles. The minimum absolute atomic E-state index is 0.0756. The highest BCUT2D eigenvalue weighted by atomic mass is 19.2. The third-order valence-corrected chi connectivity index (χ3v) is 1.52. The maximum Gasteiger partial charge on any atom is 0.200 e. The van der Waals surface area contributed by atoms with Crippen molar-refractivity contribution in [2.45, 2.75) is 6.61 Å². The number of methoxy groups -OCH3 is 1. The lowest BCUT2D eigenvalue weighted by atomic mass is 10.2. The summed E-state index contributed by atoms with van der Waals surface area (Å²) in [5, 5.41) is 8.56. The Morgan fingerprint density at radius 3 is 2.50 bits per heavy atom. The van der Waals surface area contributed by atoms with E-state index in [1.165, 1.54) is 19.2 Å². The quantitative estimate of drug-likeness (QED) is 0.735. The normalized spacial score (nSPS) is 10.0. The molecule has 0 spiro atoms. The number of hydrogen-bond donors (Lipinski definition) is 1. The van der Waals surface area contributed by atoms with Gasteiger partial charge in [-0.3, -0.25) is 0 Å².